The molecule has 1 aliphatic heterocycles. The molecule has 1 aromatic heterocycles. The van der Waals surface area contributed by atoms with Crippen LogP contribution in [0, 0.1) is 5.92 Å². The number of halogens is 1. The summed E-state index contributed by atoms with van der Waals surface area (Å²) >= 11 is 0. The maximum Gasteiger partial charge on any atom is 0.525 e. The van der Waals surface area contributed by atoms with Gasteiger partial charge in [0.15, 0.2) is 0 Å². The smallest absolute Gasteiger partial charge is 0.398 e. The second-order valence-electron chi connectivity index (χ2n) is 8.49. The fraction of sp³-hybridized carbons (Fsp3) is 0.722. The molecule has 24 heavy (non-hydrogen) atoms. The number of rotatable bonds is 5. The summed E-state index contributed by atoms with van der Waals surface area (Å²) in [5.41, 5.74) is 1.40. The van der Waals surface area contributed by atoms with Gasteiger partial charge in [-0.25, -0.2) is 4.39 Å². The average molecular weight is 334 g/mol. The van der Waals surface area contributed by atoms with Crippen molar-refractivity contribution in [3.63, 3.8) is 0 Å². The van der Waals surface area contributed by atoms with E-state index in [0.717, 1.165) is 36.2 Å². The van der Waals surface area contributed by atoms with Crippen LogP contribution in [0.15, 0.2) is 5.73 Å². The highest BCUT2D eigenvalue weighted by Gasteiger charge is 2.53. The fourth-order valence-electron chi connectivity index (χ4n) is 2.96. The Balaban J connectivity index is 1.89. The second-order valence-corrected chi connectivity index (χ2v) is 8.49. The van der Waals surface area contributed by atoms with Gasteiger partial charge in [0.1, 0.15) is 5.73 Å². The van der Waals surface area contributed by atoms with Crippen LogP contribution in [0.25, 0.3) is 6.08 Å². The Morgan fingerprint density at radius 1 is 1.29 bits per heavy atom. The third kappa shape index (κ3) is 3.31. The number of nitrogens with zero attached hydrogens (tertiary/aromatic N) is 1. The van der Waals surface area contributed by atoms with E-state index >= 15 is 0 Å². The van der Waals surface area contributed by atoms with Crippen molar-refractivity contribution in [1.82, 2.24) is 10.2 Å². The summed E-state index contributed by atoms with van der Waals surface area (Å²) in [6, 6.07) is 0. The van der Waals surface area contributed by atoms with E-state index in [2.05, 4.69) is 24.0 Å². The van der Waals surface area contributed by atoms with E-state index in [4.69, 9.17) is 9.31 Å². The molecule has 2 aliphatic rings. The third-order valence-corrected chi connectivity index (χ3v) is 5.25. The molecule has 1 saturated carbocycles. The van der Waals surface area contributed by atoms with Crippen molar-refractivity contribution in [2.45, 2.75) is 77.9 Å². The first-order chi connectivity index (χ1) is 11.1. The van der Waals surface area contributed by atoms with Crippen molar-refractivity contribution in [3.8, 4) is 0 Å². The zero-order valence-electron chi connectivity index (χ0n) is 15.6. The summed E-state index contributed by atoms with van der Waals surface area (Å²) in [4.78, 5) is 0. The molecule has 0 aromatic carbocycles. The highest BCUT2D eigenvalue weighted by molar-refractivity contribution is 6.54. The summed E-state index contributed by atoms with van der Waals surface area (Å²) in [6.45, 7) is 12.0. The van der Waals surface area contributed by atoms with Crippen LogP contribution in [0.3, 0.4) is 0 Å². The van der Waals surface area contributed by atoms with Gasteiger partial charge >= 0.3 is 7.12 Å². The molecular weight excluding hydrogens is 306 g/mol. The molecule has 1 N–H and O–H groups in total. The third-order valence-electron chi connectivity index (χ3n) is 5.25. The molecule has 0 bridgehead atoms. The molecule has 0 spiro atoms. The number of aromatic amines is 1. The predicted octanol–water partition coefficient (Wildman–Crippen LogP) is 4.43. The maximum atomic E-state index is 14.9. The number of nitrogens with one attached hydrogen (secondary N) is 1. The van der Waals surface area contributed by atoms with Crippen LogP contribution in [0.1, 0.15) is 77.3 Å². The topological polar surface area (TPSA) is 47.1 Å². The molecular formula is C18H28BFN2O2. The SMILES string of the molecule is CC(C)Cc1[nH]nc(C2CC2)c1C=C(F)B1OC(C)(C)C(C)(C)O1. The van der Waals surface area contributed by atoms with Crippen LogP contribution in [0.5, 0.6) is 0 Å². The van der Waals surface area contributed by atoms with E-state index in [0.29, 0.717) is 11.8 Å². The van der Waals surface area contributed by atoms with E-state index in [1.807, 2.05) is 27.7 Å². The molecule has 2 heterocycles. The molecule has 0 unspecified atom stereocenters. The normalized spacial score (nSPS) is 23.3. The highest BCUT2D eigenvalue weighted by atomic mass is 19.1. The summed E-state index contributed by atoms with van der Waals surface area (Å²) < 4.78 is 26.5. The van der Waals surface area contributed by atoms with Gasteiger partial charge in [0.25, 0.3) is 0 Å². The zero-order valence-corrected chi connectivity index (χ0v) is 15.6. The monoisotopic (exact) mass is 334 g/mol. The standard InChI is InChI=1S/C18H28BFN2O2/c1-11(2)9-14-13(16(22-21-14)12-7-8-12)10-15(20)19-23-17(3,4)18(5,6)24-19/h10-12H,7-9H2,1-6H3,(H,21,22). The molecule has 1 aliphatic carbocycles. The Labute approximate surface area is 144 Å². The largest absolute Gasteiger partial charge is 0.525 e. The van der Waals surface area contributed by atoms with Crippen molar-refractivity contribution in [3.05, 3.63) is 22.7 Å². The summed E-state index contributed by atoms with van der Waals surface area (Å²) in [5, 5.41) is 7.56. The van der Waals surface area contributed by atoms with E-state index in [1.54, 1.807) is 6.08 Å². The van der Waals surface area contributed by atoms with Gasteiger partial charge in [0.2, 0.25) is 0 Å². The van der Waals surface area contributed by atoms with Crippen molar-refractivity contribution < 1.29 is 13.7 Å². The lowest BCUT2D eigenvalue weighted by Crippen LogP contribution is -2.41. The van der Waals surface area contributed by atoms with Crippen molar-refractivity contribution in [2.24, 2.45) is 5.92 Å². The van der Waals surface area contributed by atoms with E-state index in [1.165, 1.54) is 0 Å². The minimum Gasteiger partial charge on any atom is -0.398 e. The van der Waals surface area contributed by atoms with Gasteiger partial charge in [-0.05, 0) is 59.0 Å². The Morgan fingerprint density at radius 2 is 1.88 bits per heavy atom. The average Bonchev–Trinajstić information content (AvgIpc) is 3.17. The Bertz CT molecular complexity index is 631. The van der Waals surface area contributed by atoms with Crippen molar-refractivity contribution in [2.75, 3.05) is 0 Å². The first-order valence-electron chi connectivity index (χ1n) is 8.90. The van der Waals surface area contributed by atoms with Crippen LogP contribution in [-0.4, -0.2) is 28.5 Å². The number of H-pyrrole nitrogens is 1. The Hall–Kier alpha value is -1.14. The minimum absolute atomic E-state index is 0.387. The van der Waals surface area contributed by atoms with Gasteiger partial charge in [0, 0.05) is 17.2 Å². The molecule has 0 radical (unpaired) electrons. The maximum absolute atomic E-state index is 14.9. The molecule has 0 amide bonds. The van der Waals surface area contributed by atoms with Crippen LogP contribution in [0.4, 0.5) is 4.39 Å². The van der Waals surface area contributed by atoms with Gasteiger partial charge in [-0.2, -0.15) is 5.10 Å². The molecule has 1 saturated heterocycles. The van der Waals surface area contributed by atoms with E-state index in [9.17, 15) is 4.39 Å². The summed E-state index contributed by atoms with van der Waals surface area (Å²) in [5.74, 6) is 0.934. The van der Waals surface area contributed by atoms with Crippen LogP contribution in [0.2, 0.25) is 0 Å². The first kappa shape index (κ1) is 17.7. The first-order valence-corrected chi connectivity index (χ1v) is 8.90. The van der Waals surface area contributed by atoms with Gasteiger partial charge in [0.05, 0.1) is 16.9 Å². The van der Waals surface area contributed by atoms with E-state index < -0.39 is 18.3 Å². The van der Waals surface area contributed by atoms with Gasteiger partial charge < -0.3 is 9.31 Å². The van der Waals surface area contributed by atoms with Gasteiger partial charge in [-0.15, -0.1) is 0 Å². The molecule has 2 fully saturated rings. The lowest BCUT2D eigenvalue weighted by Gasteiger charge is -2.32. The van der Waals surface area contributed by atoms with Crippen LogP contribution < -0.4 is 0 Å². The Kier molecular flexibility index (Phi) is 4.41. The van der Waals surface area contributed by atoms with Crippen LogP contribution in [-0.2, 0) is 15.7 Å². The molecule has 3 rings (SSSR count). The number of hydrogen-bond donors (Lipinski definition) is 1. The van der Waals surface area contributed by atoms with Crippen LogP contribution >= 0.6 is 0 Å². The summed E-state index contributed by atoms with van der Waals surface area (Å²) in [7, 11) is -0.955. The molecule has 6 heteroatoms. The molecule has 1 aromatic rings. The predicted molar refractivity (Wildman–Crippen MR) is 94.3 cm³/mol. The lowest BCUT2D eigenvalue weighted by atomic mass is 9.86. The van der Waals surface area contributed by atoms with Gasteiger partial charge in [-0.3, -0.25) is 5.10 Å². The number of hydrogen-bond acceptors (Lipinski definition) is 3. The highest BCUT2D eigenvalue weighted by Crippen LogP contribution is 2.43. The number of aromatic nitrogens is 2. The van der Waals surface area contributed by atoms with Crippen molar-refractivity contribution in [1.29, 1.82) is 0 Å². The summed E-state index contributed by atoms with van der Waals surface area (Å²) in [6.07, 6.45) is 4.68. The van der Waals surface area contributed by atoms with Crippen molar-refractivity contribution >= 4 is 13.2 Å². The zero-order chi connectivity index (χ0) is 17.7. The molecule has 0 atom stereocenters. The molecule has 132 valence electrons. The Morgan fingerprint density at radius 3 is 2.38 bits per heavy atom. The fourth-order valence-corrected chi connectivity index (χ4v) is 2.96. The molecule has 4 nitrogen and oxygen atoms in total. The minimum atomic E-state index is -0.955. The van der Waals surface area contributed by atoms with Gasteiger partial charge in [-0.1, -0.05) is 13.8 Å². The quantitative estimate of drug-likeness (QED) is 0.811. The lowest BCUT2D eigenvalue weighted by molar-refractivity contribution is 0.00578. The second kappa shape index (κ2) is 5.99. The van der Waals surface area contributed by atoms with E-state index in [-0.39, 0.29) is 5.73 Å².